The fraction of sp³-hybridized carbons (Fsp3) is 0.685. The summed E-state index contributed by atoms with van der Waals surface area (Å²) in [5, 5.41) is 40.1. The van der Waals surface area contributed by atoms with Crippen molar-refractivity contribution in [2.24, 2.45) is 82.9 Å². The molecule has 4 aliphatic heterocycles. The van der Waals surface area contributed by atoms with Crippen LogP contribution in [-0.2, 0) is 105 Å². The molecule has 10 rings (SSSR count). The van der Waals surface area contributed by atoms with E-state index in [9.17, 15) is 68.1 Å². The third kappa shape index (κ3) is 36.5. The standard InChI is InChI=1S/C33H43NO7.C24H44N2O5.C20H35NO8.C17H16O2.C14H26O4.C3H8/c1-7-12-29(36)31(22(5)40-32-21(4)19(2)20(3)30(41-32)18-38-23(6)35)34-33(37)39-17-28-26-15-10-8-13-24(26)25-14-9-11-16-27(25)28;1-9-14(4)22(29)26-13-19(27)12-18(10-2)21(28)23(25-8)31-24-17(7)15(5)16(6)20(11-3)30-24;1-5-11(3)19(27)21-8-14(23)7-13(6-2)15(24)10-28-20-12(4)17(25)18(26)16(9-22)29-20;1-2-17(18)19-11-16-14-9-5-3-7-12(14)13-8-4-6-10-15(13)16;1-6-7-16-14-11(4)9(2)10(3)13(18-14)8-17-12(5)15;1-3-2/h8-11,13-16,19-22,28,30-32H,7,12,17-18H2,1-6H3,(H,34,37);14-18,20,23-25H,9-13H2,1-8H3,(H,26,29);11-13,16-18,20,22,25-26H,5-10H2,1-4H3,(H,21,27);3-10,16H,2,11H2,1H3;9-11,13-14H,6-8H2,1-5H3;3H2,1-2H3/t19-,20+,21?,22+,30?,31-,32-;14?,15?,16-,17+,18?,20?,23?,24?;11?,12?,13?,16?,17-,18+,20+;;9-,10+,11?,13?,14-;/m001.0./s1. The van der Waals surface area contributed by atoms with E-state index >= 15 is 0 Å². The summed E-state index contributed by atoms with van der Waals surface area (Å²) in [6.45, 7) is 49.4. The molecule has 4 fully saturated rings. The molecule has 141 heavy (non-hydrogen) atoms. The van der Waals surface area contributed by atoms with Crippen LogP contribution in [0.5, 0.6) is 0 Å². The van der Waals surface area contributed by atoms with Crippen LogP contribution in [0.25, 0.3) is 22.3 Å². The van der Waals surface area contributed by atoms with E-state index in [-0.39, 0.29) is 176 Å². The van der Waals surface area contributed by atoms with Gasteiger partial charge in [0.25, 0.3) is 0 Å². The minimum absolute atomic E-state index is 0.00115. The summed E-state index contributed by atoms with van der Waals surface area (Å²) in [5.74, 6) is -1.28. The second kappa shape index (κ2) is 62.9. The Hall–Kier alpha value is -8.63. The topological polar surface area (TPSA) is 407 Å². The highest BCUT2D eigenvalue weighted by atomic mass is 16.7. The Morgan fingerprint density at radius 1 is 0.426 bits per heavy atom. The largest absolute Gasteiger partial charge is 0.465 e. The van der Waals surface area contributed by atoms with Crippen LogP contribution < -0.4 is 21.3 Å². The molecule has 0 spiro atoms. The molecule has 0 saturated carbocycles. The maximum atomic E-state index is 13.1. The van der Waals surface area contributed by atoms with Crippen molar-refractivity contribution in [3.8, 4) is 22.3 Å². The van der Waals surface area contributed by atoms with Gasteiger partial charge in [-0.15, -0.1) is 0 Å². The van der Waals surface area contributed by atoms with E-state index in [2.05, 4.69) is 165 Å². The maximum absolute atomic E-state index is 13.1. The fourth-order valence-electron chi connectivity index (χ4n) is 18.1. The van der Waals surface area contributed by atoms with Crippen LogP contribution in [-0.4, -0.2) is 227 Å². The molecule has 6 aliphatic rings. The van der Waals surface area contributed by atoms with Gasteiger partial charge in [-0.25, -0.2) is 4.79 Å². The van der Waals surface area contributed by atoms with E-state index in [4.69, 9.17) is 56.8 Å². The number of Topliss-reactive ketones (excluding diaryl/α,β-unsaturated/α-hetero) is 5. The average Bonchev–Trinajstić information content (AvgIpc) is 1.62. The summed E-state index contributed by atoms with van der Waals surface area (Å²) < 4.78 is 68.8. The van der Waals surface area contributed by atoms with Crippen LogP contribution in [0, 0.1) is 82.9 Å². The monoisotopic (exact) mass is 1980 g/mol. The van der Waals surface area contributed by atoms with Gasteiger partial charge in [0, 0.05) is 105 Å². The number of benzene rings is 4. The average molecular weight is 1980 g/mol. The molecule has 4 heterocycles. The zero-order valence-corrected chi connectivity index (χ0v) is 89.1. The van der Waals surface area contributed by atoms with Crippen LogP contribution in [0.1, 0.15) is 284 Å². The van der Waals surface area contributed by atoms with Gasteiger partial charge in [0.05, 0.1) is 50.2 Å². The number of amides is 3. The molecule has 4 aromatic rings. The first kappa shape index (κ1) is 123. The number of carbonyl (C=O) groups is 11. The van der Waals surface area contributed by atoms with Crippen LogP contribution in [0.4, 0.5) is 4.79 Å². The Morgan fingerprint density at radius 3 is 1.23 bits per heavy atom. The zero-order valence-electron chi connectivity index (χ0n) is 89.1. The second-order valence-electron chi connectivity index (χ2n) is 39.0. The summed E-state index contributed by atoms with van der Waals surface area (Å²) in [6, 6.07) is 32.1. The number of ketones is 5. The Labute approximate surface area is 839 Å². The number of aliphatic hydroxyl groups is 3. The number of rotatable bonds is 44. The highest BCUT2D eigenvalue weighted by molar-refractivity contribution is 5.93. The van der Waals surface area contributed by atoms with E-state index in [0.717, 1.165) is 41.5 Å². The number of nitrogens with one attached hydrogen (secondary N) is 4. The van der Waals surface area contributed by atoms with Crippen LogP contribution in [0.3, 0.4) is 0 Å². The lowest BCUT2D eigenvalue weighted by Gasteiger charge is -2.44. The van der Waals surface area contributed by atoms with Crippen molar-refractivity contribution in [3.63, 3.8) is 0 Å². The molecular formula is C111H172N4O26. The summed E-state index contributed by atoms with van der Waals surface area (Å²) in [6.07, 6.45) is -1.17. The number of ether oxygens (including phenoxy) is 12. The fourth-order valence-corrected chi connectivity index (χ4v) is 18.1. The number of hydrogen-bond acceptors (Lipinski definition) is 27. The van der Waals surface area contributed by atoms with Crippen molar-refractivity contribution in [2.45, 2.75) is 342 Å². The van der Waals surface area contributed by atoms with Crippen molar-refractivity contribution in [2.75, 3.05) is 66.4 Å². The number of aliphatic hydroxyl groups excluding tert-OH is 3. The Kier molecular flexibility index (Phi) is 54.8. The number of esters is 3. The molecule has 3 amide bonds. The summed E-state index contributed by atoms with van der Waals surface area (Å²) in [4.78, 5) is 134. The molecule has 30 heteroatoms. The van der Waals surface area contributed by atoms with Gasteiger partial charge in [-0.2, -0.15) is 0 Å². The van der Waals surface area contributed by atoms with Gasteiger partial charge >= 0.3 is 24.0 Å². The van der Waals surface area contributed by atoms with Crippen molar-refractivity contribution in [1.82, 2.24) is 21.3 Å². The molecule has 27 atom stereocenters. The number of likely N-dealkylation sites (N-methyl/N-ethyl adjacent to an activating group) is 1. The van der Waals surface area contributed by atoms with Crippen molar-refractivity contribution in [1.29, 1.82) is 0 Å². The van der Waals surface area contributed by atoms with Crippen LogP contribution in [0.2, 0.25) is 0 Å². The predicted molar refractivity (Wildman–Crippen MR) is 540 cm³/mol. The van der Waals surface area contributed by atoms with Gasteiger partial charge in [0.2, 0.25) is 11.8 Å². The molecular weight excluding hydrogens is 1810 g/mol. The first-order chi connectivity index (χ1) is 67.1. The second-order valence-corrected chi connectivity index (χ2v) is 39.0. The first-order valence-electron chi connectivity index (χ1n) is 51.8. The van der Waals surface area contributed by atoms with Gasteiger partial charge in [0.15, 0.2) is 60.3 Å². The number of hydrogen-bond donors (Lipinski definition) is 7. The normalized spacial score (nSPS) is 26.2. The van der Waals surface area contributed by atoms with Gasteiger partial charge in [-0.3, -0.25) is 53.3 Å². The quantitative estimate of drug-likeness (QED) is 0.0123. The van der Waals surface area contributed by atoms with Gasteiger partial charge in [-0.05, 0) is 139 Å². The Morgan fingerprint density at radius 2 is 0.823 bits per heavy atom. The Balaban J connectivity index is 0.000000317. The van der Waals surface area contributed by atoms with Gasteiger partial charge in [0.1, 0.15) is 51.3 Å². The van der Waals surface area contributed by atoms with Crippen LogP contribution >= 0.6 is 0 Å². The predicted octanol–water partition coefficient (Wildman–Crippen LogP) is 16.7. The molecule has 2 aliphatic carbocycles. The molecule has 0 radical (unpaired) electrons. The minimum Gasteiger partial charge on any atom is -0.465 e. The van der Waals surface area contributed by atoms with Gasteiger partial charge < -0.3 is 88.1 Å². The highest BCUT2D eigenvalue weighted by Crippen LogP contribution is 2.47. The smallest absolute Gasteiger partial charge is 0.407 e. The molecule has 14 unspecified atom stereocenters. The number of carbonyl (C=O) groups excluding carboxylic acids is 11. The third-order valence-electron chi connectivity index (χ3n) is 28.9. The summed E-state index contributed by atoms with van der Waals surface area (Å²) >= 11 is 0. The molecule has 792 valence electrons. The molecule has 0 bridgehead atoms. The molecule has 4 saturated heterocycles. The maximum Gasteiger partial charge on any atom is 0.407 e. The minimum atomic E-state index is -1.24. The SMILES string of the molecule is CCC.CCC(=O)OCC1c2ccccc2-c2ccccc21.CCC(C)C(=O)NCC(=O)CC(CC)C(=O)C(NC)OC1OC(CC)[C@@H](C)C(C)[C@H]1C.CCC(C)C(=O)NCC(=O)CC(CC)C(=O)CO[C@H]1OC(CO)[C@H](O)[C@H](O)C1C.CCCC(=O)[C@@H](NC(=O)OCC1c2ccccc2-c2ccccc21)[C@@H](C)O[C@H]1OC(COC(C)=O)[C@H](C)[C@H](C)C1C.CCCO[C@H]1OC(COC(C)=O)[C@H](C)[C@H](C)C1C. The van der Waals surface area contributed by atoms with Gasteiger partial charge in [-0.1, -0.05) is 256 Å². The van der Waals surface area contributed by atoms with E-state index in [1.54, 1.807) is 34.7 Å². The molecule has 30 nitrogen and oxygen atoms in total. The number of fused-ring (bicyclic) bond motifs is 6. The van der Waals surface area contributed by atoms with Crippen molar-refractivity contribution in [3.05, 3.63) is 119 Å². The van der Waals surface area contributed by atoms with E-state index < -0.39 is 86.0 Å². The zero-order chi connectivity index (χ0) is 105. The van der Waals surface area contributed by atoms with Crippen molar-refractivity contribution >= 4 is 64.7 Å². The Bertz CT molecular complexity index is 4410. The highest BCUT2D eigenvalue weighted by Gasteiger charge is 2.47. The lowest BCUT2D eigenvalue weighted by atomic mass is 9.78. The van der Waals surface area contributed by atoms with Crippen molar-refractivity contribution < 1.29 is 125 Å². The summed E-state index contributed by atoms with van der Waals surface area (Å²) in [7, 11) is 1.68. The van der Waals surface area contributed by atoms with Crippen LogP contribution in [0.15, 0.2) is 97.1 Å². The van der Waals surface area contributed by atoms with E-state index in [1.807, 2.05) is 84.9 Å². The lowest BCUT2D eigenvalue weighted by Crippen LogP contribution is -2.55. The first-order valence-corrected chi connectivity index (χ1v) is 51.8. The molecule has 4 aromatic carbocycles. The summed E-state index contributed by atoms with van der Waals surface area (Å²) in [5.41, 5.74) is 9.56. The number of alkyl carbamates (subject to hydrolysis) is 1. The van der Waals surface area contributed by atoms with E-state index in [1.165, 1.54) is 42.5 Å². The molecule has 7 N–H and O–H groups in total. The molecule has 0 aromatic heterocycles. The lowest BCUT2D eigenvalue weighted by molar-refractivity contribution is -0.280. The van der Waals surface area contributed by atoms with E-state index in [0.29, 0.717) is 87.9 Å². The third-order valence-corrected chi connectivity index (χ3v) is 28.9.